The molecule has 0 radical (unpaired) electrons. The highest BCUT2D eigenvalue weighted by molar-refractivity contribution is 7.89. The lowest BCUT2D eigenvalue weighted by Crippen LogP contribution is -2.50. The SMILES string of the molecule is N#CCOc1ccc(C[C@H](NC(=O)O)[C@@H](O)CN(CC2CCCC2)S(=O)(=O)c2ccc3c(c2)OCO3)cc1. The van der Waals surface area contributed by atoms with Crippen LogP contribution in [0.25, 0.3) is 0 Å². The van der Waals surface area contributed by atoms with E-state index in [1.807, 2.05) is 6.07 Å². The first-order valence-corrected chi connectivity index (χ1v) is 13.9. The molecule has 2 aromatic carbocycles. The number of aliphatic hydroxyl groups is 1. The number of nitrogens with zero attached hydrogens (tertiary/aromatic N) is 2. The average molecular weight is 546 g/mol. The summed E-state index contributed by atoms with van der Waals surface area (Å²) in [6.45, 7) is -0.159. The Morgan fingerprint density at radius 2 is 1.87 bits per heavy atom. The summed E-state index contributed by atoms with van der Waals surface area (Å²) in [5, 5.41) is 31.6. The molecular weight excluding hydrogens is 514 g/mol. The number of ether oxygens (including phenoxy) is 3. The molecule has 0 spiro atoms. The second kappa shape index (κ2) is 12.3. The van der Waals surface area contributed by atoms with Gasteiger partial charge in [0.15, 0.2) is 18.1 Å². The van der Waals surface area contributed by atoms with Crippen molar-refractivity contribution in [1.82, 2.24) is 9.62 Å². The Kier molecular flexibility index (Phi) is 8.93. The minimum atomic E-state index is -4.03. The van der Waals surface area contributed by atoms with Crippen molar-refractivity contribution < 1.29 is 37.6 Å². The topological polar surface area (TPSA) is 158 Å². The van der Waals surface area contributed by atoms with Gasteiger partial charge >= 0.3 is 6.09 Å². The lowest BCUT2D eigenvalue weighted by atomic mass is 10.0. The minimum absolute atomic E-state index is 0.0112. The maximum absolute atomic E-state index is 13.7. The van der Waals surface area contributed by atoms with Crippen molar-refractivity contribution in [3.8, 4) is 23.3 Å². The van der Waals surface area contributed by atoms with Crippen molar-refractivity contribution in [1.29, 1.82) is 5.26 Å². The van der Waals surface area contributed by atoms with Crippen LogP contribution in [-0.4, -0.2) is 67.7 Å². The van der Waals surface area contributed by atoms with Crippen LogP contribution in [0.1, 0.15) is 31.2 Å². The number of hydrogen-bond acceptors (Lipinski definition) is 8. The van der Waals surface area contributed by atoms with Crippen LogP contribution in [-0.2, 0) is 16.4 Å². The molecule has 1 fully saturated rings. The van der Waals surface area contributed by atoms with E-state index in [-0.39, 0.29) is 43.7 Å². The molecule has 0 aromatic heterocycles. The highest BCUT2D eigenvalue weighted by Crippen LogP contribution is 2.35. The minimum Gasteiger partial charge on any atom is -0.479 e. The van der Waals surface area contributed by atoms with E-state index in [0.29, 0.717) is 22.8 Å². The molecule has 0 saturated heterocycles. The predicted molar refractivity (Wildman–Crippen MR) is 135 cm³/mol. The van der Waals surface area contributed by atoms with E-state index in [2.05, 4.69) is 5.32 Å². The van der Waals surface area contributed by atoms with Gasteiger partial charge in [-0.3, -0.25) is 0 Å². The Morgan fingerprint density at radius 1 is 1.16 bits per heavy atom. The fourth-order valence-electron chi connectivity index (χ4n) is 4.81. The van der Waals surface area contributed by atoms with Crippen LogP contribution in [0.3, 0.4) is 0 Å². The Balaban J connectivity index is 1.54. The number of nitriles is 1. The summed E-state index contributed by atoms with van der Waals surface area (Å²) in [4.78, 5) is 11.6. The Morgan fingerprint density at radius 3 is 2.55 bits per heavy atom. The van der Waals surface area contributed by atoms with Gasteiger partial charge in [-0.25, -0.2) is 13.2 Å². The molecule has 2 aliphatic rings. The van der Waals surface area contributed by atoms with Gasteiger partial charge in [-0.05, 0) is 55.0 Å². The van der Waals surface area contributed by atoms with Gasteiger partial charge in [-0.15, -0.1) is 0 Å². The summed E-state index contributed by atoms with van der Waals surface area (Å²) in [5.74, 6) is 1.43. The molecule has 12 heteroatoms. The number of fused-ring (bicyclic) bond motifs is 1. The van der Waals surface area contributed by atoms with Gasteiger partial charge in [0.2, 0.25) is 16.8 Å². The van der Waals surface area contributed by atoms with E-state index in [9.17, 15) is 23.4 Å². The Labute approximate surface area is 221 Å². The highest BCUT2D eigenvalue weighted by atomic mass is 32.2. The molecule has 1 saturated carbocycles. The number of carboxylic acid groups (broad SMARTS) is 1. The number of nitrogens with one attached hydrogen (secondary N) is 1. The summed E-state index contributed by atoms with van der Waals surface area (Å²) in [7, 11) is -4.03. The summed E-state index contributed by atoms with van der Waals surface area (Å²) < 4.78 is 44.6. The van der Waals surface area contributed by atoms with Crippen LogP contribution in [0.15, 0.2) is 47.4 Å². The second-order valence-corrected chi connectivity index (χ2v) is 11.3. The van der Waals surface area contributed by atoms with Gasteiger partial charge in [0.1, 0.15) is 11.8 Å². The number of aliphatic hydroxyl groups excluding tert-OH is 1. The lowest BCUT2D eigenvalue weighted by molar-refractivity contribution is 0.0971. The van der Waals surface area contributed by atoms with Gasteiger partial charge in [0.05, 0.1) is 17.0 Å². The molecule has 2 aromatic rings. The van der Waals surface area contributed by atoms with Crippen molar-refractivity contribution in [3.63, 3.8) is 0 Å². The molecule has 2 atom stereocenters. The van der Waals surface area contributed by atoms with Crippen LogP contribution in [0.2, 0.25) is 0 Å². The first-order valence-electron chi connectivity index (χ1n) is 12.4. The van der Waals surface area contributed by atoms with E-state index >= 15 is 0 Å². The molecule has 3 N–H and O–H groups in total. The van der Waals surface area contributed by atoms with E-state index < -0.39 is 28.3 Å². The highest BCUT2D eigenvalue weighted by Gasteiger charge is 2.34. The fraction of sp³-hybridized carbons (Fsp3) is 0.462. The predicted octanol–water partition coefficient (Wildman–Crippen LogP) is 2.74. The third-order valence-corrected chi connectivity index (χ3v) is 8.59. The standard InChI is InChI=1S/C26H31N3O8S/c27-11-12-35-20-7-5-18(6-8-20)13-22(28-26(31)32)23(30)16-29(15-19-3-1-2-4-19)38(33,34)21-9-10-24-25(14-21)37-17-36-24/h5-10,14,19,22-23,28,30H,1-4,12-13,15-17H2,(H,31,32)/t22-,23-/m0/s1. The molecular formula is C26H31N3O8S. The quantitative estimate of drug-likeness (QED) is 0.365. The monoisotopic (exact) mass is 545 g/mol. The molecule has 4 rings (SSSR count). The lowest BCUT2D eigenvalue weighted by Gasteiger charge is -2.30. The Bertz CT molecular complexity index is 1260. The fourth-order valence-corrected chi connectivity index (χ4v) is 6.36. The summed E-state index contributed by atoms with van der Waals surface area (Å²) >= 11 is 0. The van der Waals surface area contributed by atoms with Gasteiger partial charge < -0.3 is 29.7 Å². The molecule has 0 bridgehead atoms. The number of carbonyl (C=O) groups is 1. The van der Waals surface area contributed by atoms with Crippen LogP contribution in [0.4, 0.5) is 4.79 Å². The van der Waals surface area contributed by atoms with E-state index in [0.717, 1.165) is 25.7 Å². The maximum Gasteiger partial charge on any atom is 0.404 e. The van der Waals surface area contributed by atoms with E-state index in [1.54, 1.807) is 24.3 Å². The van der Waals surface area contributed by atoms with Crippen molar-refractivity contribution in [2.24, 2.45) is 5.92 Å². The molecule has 1 aliphatic heterocycles. The second-order valence-electron chi connectivity index (χ2n) is 9.41. The van der Waals surface area contributed by atoms with Gasteiger partial charge in [-0.2, -0.15) is 9.57 Å². The Hall–Kier alpha value is -3.53. The van der Waals surface area contributed by atoms with Crippen LogP contribution < -0.4 is 19.5 Å². The molecule has 11 nitrogen and oxygen atoms in total. The average Bonchev–Trinajstić information content (AvgIpc) is 3.58. The summed E-state index contributed by atoms with van der Waals surface area (Å²) in [6.07, 6.45) is 1.27. The normalized spacial score (nSPS) is 16.7. The zero-order valence-electron chi connectivity index (χ0n) is 20.8. The molecule has 1 aliphatic carbocycles. The molecule has 204 valence electrons. The summed E-state index contributed by atoms with van der Waals surface area (Å²) in [5.41, 5.74) is 0.702. The number of rotatable bonds is 12. The zero-order chi connectivity index (χ0) is 27.1. The van der Waals surface area contributed by atoms with Gasteiger partial charge in [0, 0.05) is 19.2 Å². The van der Waals surface area contributed by atoms with Crippen molar-refractivity contribution in [2.45, 2.75) is 49.1 Å². The van der Waals surface area contributed by atoms with Crippen LogP contribution >= 0.6 is 0 Å². The number of hydrogen-bond donors (Lipinski definition) is 3. The maximum atomic E-state index is 13.7. The zero-order valence-corrected chi connectivity index (χ0v) is 21.6. The molecule has 1 amide bonds. The smallest absolute Gasteiger partial charge is 0.404 e. The number of amides is 1. The van der Waals surface area contributed by atoms with Crippen LogP contribution in [0.5, 0.6) is 17.2 Å². The first-order chi connectivity index (χ1) is 18.3. The van der Waals surface area contributed by atoms with Crippen LogP contribution in [0, 0.1) is 17.2 Å². The molecule has 38 heavy (non-hydrogen) atoms. The third-order valence-electron chi connectivity index (χ3n) is 6.76. The van der Waals surface area contributed by atoms with Gasteiger partial charge in [0.25, 0.3) is 0 Å². The van der Waals surface area contributed by atoms with Crippen molar-refractivity contribution >= 4 is 16.1 Å². The largest absolute Gasteiger partial charge is 0.479 e. The molecule has 1 heterocycles. The van der Waals surface area contributed by atoms with Crippen molar-refractivity contribution in [3.05, 3.63) is 48.0 Å². The van der Waals surface area contributed by atoms with E-state index in [1.165, 1.54) is 22.5 Å². The number of benzene rings is 2. The van der Waals surface area contributed by atoms with Crippen molar-refractivity contribution in [2.75, 3.05) is 26.5 Å². The first kappa shape index (κ1) is 27.5. The summed E-state index contributed by atoms with van der Waals surface area (Å²) in [6, 6.07) is 12.0. The molecule has 0 unspecified atom stereocenters. The van der Waals surface area contributed by atoms with E-state index in [4.69, 9.17) is 19.5 Å². The third kappa shape index (κ3) is 6.86. The van der Waals surface area contributed by atoms with Gasteiger partial charge in [-0.1, -0.05) is 25.0 Å². The number of sulfonamides is 1.